The number of imide groups is 1. The van der Waals surface area contributed by atoms with Gasteiger partial charge in [-0.15, -0.1) is 0 Å². The predicted molar refractivity (Wildman–Crippen MR) is 250 cm³/mol. The molecule has 5 aromatic carbocycles. The molecule has 2 fully saturated rings. The van der Waals surface area contributed by atoms with E-state index in [0.717, 1.165) is 38.3 Å². The van der Waals surface area contributed by atoms with Crippen LogP contribution in [-0.2, 0) is 59.3 Å². The normalized spacial score (nSPS) is 22.1. The predicted octanol–water partition coefficient (Wildman–Crippen LogP) is 9.26. The third-order valence-corrected chi connectivity index (χ3v) is 12.3. The number of aliphatic hydroxyl groups is 1. The molecule has 1 N–H and O–H groups in total. The molecule has 8 atom stereocenters. The van der Waals surface area contributed by atoms with E-state index in [1.165, 1.54) is 7.11 Å². The Labute approximate surface area is 391 Å². The fraction of sp³-hybridized carbons (Fsp3) is 0.327. The third kappa shape index (κ3) is 11.3. The van der Waals surface area contributed by atoms with Crippen molar-refractivity contribution in [2.24, 2.45) is 5.92 Å². The number of methoxy groups -OCH3 is 1. The first kappa shape index (κ1) is 47.3. The van der Waals surface area contributed by atoms with Crippen LogP contribution in [0.5, 0.6) is 0 Å². The molecule has 2 aliphatic heterocycles. The quantitative estimate of drug-likeness (QED) is 0.0445. The van der Waals surface area contributed by atoms with Gasteiger partial charge in [0.2, 0.25) is 11.7 Å². The van der Waals surface area contributed by atoms with Crippen LogP contribution < -0.4 is 0 Å². The Balaban J connectivity index is 1.04. The van der Waals surface area contributed by atoms with Crippen LogP contribution in [-0.4, -0.2) is 84.9 Å². The summed E-state index contributed by atoms with van der Waals surface area (Å²) in [4.78, 5) is 44.0. The summed E-state index contributed by atoms with van der Waals surface area (Å²) in [6.07, 6.45) is -4.46. The number of ether oxygens (including phenoxy) is 6. The van der Waals surface area contributed by atoms with E-state index in [-0.39, 0.29) is 38.6 Å². The van der Waals surface area contributed by atoms with Crippen LogP contribution in [0.25, 0.3) is 11.1 Å². The average molecular weight is 908 g/mol. The summed E-state index contributed by atoms with van der Waals surface area (Å²) in [5.41, 5.74) is 5.97. The first-order valence-corrected chi connectivity index (χ1v) is 22.8. The maximum Gasteiger partial charge on any atom is 0.417 e. The summed E-state index contributed by atoms with van der Waals surface area (Å²) in [6.45, 7) is 4.14. The Morgan fingerprint density at radius 2 is 1.34 bits per heavy atom. The Hall–Kier alpha value is -6.25. The molecule has 0 bridgehead atoms. The van der Waals surface area contributed by atoms with Gasteiger partial charge >= 0.3 is 6.09 Å². The number of amides is 2. The highest BCUT2D eigenvalue weighted by Gasteiger charge is 2.49. The van der Waals surface area contributed by atoms with Crippen LogP contribution in [0.2, 0.25) is 0 Å². The number of Topliss-reactive ketones (excluding diaryl/α,β-unsaturated/α-hetero) is 1. The summed E-state index contributed by atoms with van der Waals surface area (Å²) < 4.78 is 44.0. The zero-order valence-corrected chi connectivity index (χ0v) is 38.0. The van der Waals surface area contributed by atoms with E-state index >= 15 is 0 Å². The summed E-state index contributed by atoms with van der Waals surface area (Å²) in [6, 6.07) is 47.0. The van der Waals surface area contributed by atoms with Gasteiger partial charge in [0.05, 0.1) is 25.9 Å². The van der Waals surface area contributed by atoms with Gasteiger partial charge < -0.3 is 37.9 Å². The van der Waals surface area contributed by atoms with Gasteiger partial charge in [-0.1, -0.05) is 151 Å². The topological polar surface area (TPSA) is 143 Å². The number of aliphatic hydroxyl groups excluding tert-OH is 1. The van der Waals surface area contributed by atoms with E-state index < -0.39 is 66.6 Å². The molecule has 348 valence electrons. The van der Waals surface area contributed by atoms with E-state index in [1.807, 2.05) is 153 Å². The standard InChI is InChI=1S/C55H57NO11/c1-36-18-16-27-42(30-36)43-32-46(48(58)44(31-38-19-8-4-9-20-38)53(59)56-37(2)49(67-55(56)60)41-25-14-7-15-26-41)65-45(43)28-17-29-62-52-51(64-35-40-23-12-6-13-24-40)50(47(33-57)66-54(52)61-3)63-34-39-21-10-5-11-22-39/h4-16,18-27,30,32,37,44,47,49-52,54,57H,17,28-29,31,33-35H2,1-3H3/t37-,44-,47+,49-,50+,51-,52-,54-/m0/s1. The van der Waals surface area contributed by atoms with Gasteiger partial charge in [0.25, 0.3) is 0 Å². The maximum absolute atomic E-state index is 14.8. The molecular weight excluding hydrogens is 851 g/mol. The Bertz CT molecular complexity index is 2530. The molecule has 1 aromatic heterocycles. The third-order valence-electron chi connectivity index (χ3n) is 12.3. The number of ketones is 1. The summed E-state index contributed by atoms with van der Waals surface area (Å²) in [7, 11) is 1.52. The number of aryl methyl sites for hydroxylation is 2. The second-order valence-corrected chi connectivity index (χ2v) is 17.0. The second-order valence-electron chi connectivity index (χ2n) is 17.0. The van der Waals surface area contributed by atoms with Crippen LogP contribution in [0.1, 0.15) is 63.6 Å². The molecule has 0 aliphatic carbocycles. The van der Waals surface area contributed by atoms with Crippen molar-refractivity contribution in [2.45, 2.75) is 89.2 Å². The van der Waals surface area contributed by atoms with Gasteiger partial charge in [-0.25, -0.2) is 9.69 Å². The van der Waals surface area contributed by atoms with Crippen molar-refractivity contribution in [3.05, 3.63) is 191 Å². The van der Waals surface area contributed by atoms with Crippen molar-refractivity contribution in [3.8, 4) is 11.1 Å². The Kier molecular flexibility index (Phi) is 15.9. The SMILES string of the molecule is CO[C@H]1O[C@H](CO)[C@@H](OCc2ccccc2)[C@H](OCc2ccccc2)[C@@H]1OCCCc1oc(C(=O)[C@H](Cc2ccccc2)C(=O)N2C(=O)O[C@H](c3ccccc3)[C@@H]2C)cc1-c1cccc(C)c1. The minimum Gasteiger partial charge on any atom is -0.457 e. The number of furan rings is 1. The first-order chi connectivity index (χ1) is 32.7. The van der Waals surface area contributed by atoms with Gasteiger partial charge in [-0.05, 0) is 60.6 Å². The minimum absolute atomic E-state index is 0.00416. The number of nitrogens with zero attached hydrogens (tertiary/aromatic N) is 1. The Morgan fingerprint density at radius 3 is 1.96 bits per heavy atom. The zero-order valence-electron chi connectivity index (χ0n) is 38.0. The highest BCUT2D eigenvalue weighted by Crippen LogP contribution is 2.36. The molecule has 0 unspecified atom stereocenters. The number of benzene rings is 5. The number of cyclic esters (lactones) is 1. The lowest BCUT2D eigenvalue weighted by Gasteiger charge is -2.45. The highest BCUT2D eigenvalue weighted by molar-refractivity contribution is 6.12. The minimum atomic E-state index is -1.29. The molecule has 0 spiro atoms. The number of carbonyl (C=O) groups excluding carboxylic acids is 3. The van der Waals surface area contributed by atoms with Crippen molar-refractivity contribution in [2.75, 3.05) is 20.3 Å². The number of hydrogen-bond acceptors (Lipinski definition) is 11. The van der Waals surface area contributed by atoms with Crippen molar-refractivity contribution >= 4 is 17.8 Å². The molecule has 12 heteroatoms. The van der Waals surface area contributed by atoms with Gasteiger partial charge in [0.1, 0.15) is 42.2 Å². The van der Waals surface area contributed by atoms with Crippen LogP contribution in [0, 0.1) is 12.8 Å². The highest BCUT2D eigenvalue weighted by atomic mass is 16.7. The van der Waals surface area contributed by atoms with E-state index in [9.17, 15) is 19.5 Å². The zero-order chi connectivity index (χ0) is 46.7. The van der Waals surface area contributed by atoms with E-state index in [4.69, 9.17) is 32.8 Å². The van der Waals surface area contributed by atoms with E-state index in [1.54, 1.807) is 13.0 Å². The Morgan fingerprint density at radius 1 is 0.731 bits per heavy atom. The fourth-order valence-electron chi connectivity index (χ4n) is 8.89. The number of hydrogen-bond donors (Lipinski definition) is 1. The van der Waals surface area contributed by atoms with Crippen LogP contribution in [0.15, 0.2) is 156 Å². The van der Waals surface area contributed by atoms with Crippen molar-refractivity contribution in [1.82, 2.24) is 4.90 Å². The molecule has 2 saturated heterocycles. The molecule has 67 heavy (non-hydrogen) atoms. The first-order valence-electron chi connectivity index (χ1n) is 22.8. The van der Waals surface area contributed by atoms with Crippen molar-refractivity contribution < 1.29 is 52.3 Å². The van der Waals surface area contributed by atoms with Crippen molar-refractivity contribution in [1.29, 1.82) is 0 Å². The number of carbonyl (C=O) groups is 3. The lowest BCUT2D eigenvalue weighted by atomic mass is 9.91. The van der Waals surface area contributed by atoms with Crippen LogP contribution in [0.4, 0.5) is 4.79 Å². The van der Waals surface area contributed by atoms with Gasteiger partial charge in [-0.2, -0.15) is 0 Å². The molecule has 8 rings (SSSR count). The molecule has 0 saturated carbocycles. The monoisotopic (exact) mass is 907 g/mol. The molecular formula is C55H57NO11. The molecule has 12 nitrogen and oxygen atoms in total. The summed E-state index contributed by atoms with van der Waals surface area (Å²) in [5, 5.41) is 10.5. The lowest BCUT2D eigenvalue weighted by molar-refractivity contribution is -0.319. The lowest BCUT2D eigenvalue weighted by Crippen LogP contribution is -2.61. The fourth-order valence-corrected chi connectivity index (χ4v) is 8.89. The van der Waals surface area contributed by atoms with Crippen LogP contribution in [0.3, 0.4) is 0 Å². The van der Waals surface area contributed by atoms with Crippen molar-refractivity contribution in [3.63, 3.8) is 0 Å². The molecule has 2 aliphatic rings. The average Bonchev–Trinajstić information content (AvgIpc) is 3.93. The second kappa shape index (κ2) is 22.5. The summed E-state index contributed by atoms with van der Waals surface area (Å²) in [5.74, 6) is -1.96. The maximum atomic E-state index is 14.8. The molecule has 0 radical (unpaired) electrons. The molecule has 2 amide bonds. The number of rotatable bonds is 20. The van der Waals surface area contributed by atoms with Gasteiger partial charge in [0.15, 0.2) is 12.1 Å². The summed E-state index contributed by atoms with van der Waals surface area (Å²) >= 11 is 0. The van der Waals surface area contributed by atoms with E-state index in [2.05, 4.69) is 0 Å². The van der Waals surface area contributed by atoms with E-state index in [0.29, 0.717) is 24.2 Å². The van der Waals surface area contributed by atoms with Gasteiger partial charge in [0, 0.05) is 25.7 Å². The largest absolute Gasteiger partial charge is 0.457 e. The molecule has 6 aromatic rings. The van der Waals surface area contributed by atoms with Gasteiger partial charge in [-0.3, -0.25) is 9.59 Å². The smallest absolute Gasteiger partial charge is 0.417 e. The van der Waals surface area contributed by atoms with Crippen LogP contribution >= 0.6 is 0 Å². The molecule has 3 heterocycles.